The third-order valence-electron chi connectivity index (χ3n) is 4.51. The van der Waals surface area contributed by atoms with Crippen molar-refractivity contribution in [2.45, 2.75) is 40.2 Å². The fourth-order valence-electron chi connectivity index (χ4n) is 3.03. The smallest absolute Gasteiger partial charge is 0.292 e. The summed E-state index contributed by atoms with van der Waals surface area (Å²) < 4.78 is 0. The molecule has 0 bridgehead atoms. The largest absolute Gasteiger partial charge is 0.392 e. The number of amides is 1. The maximum atomic E-state index is 12.0. The lowest BCUT2D eigenvalue weighted by Gasteiger charge is -2.34. The Bertz CT molecular complexity index is 640. The number of aliphatic hydroxyl groups excluding tert-OH is 1. The highest BCUT2D eigenvalue weighted by Gasteiger charge is 2.27. The molecule has 0 aromatic heterocycles. The number of carbonyl (C=O) groups is 1. The highest BCUT2D eigenvalue weighted by atomic mass is 16.6. The number of nitro groups is 1. The highest BCUT2D eigenvalue weighted by Crippen LogP contribution is 2.32. The van der Waals surface area contributed by atoms with Crippen LogP contribution in [0.5, 0.6) is 0 Å². The monoisotopic (exact) mass is 349 g/mol. The Kier molecular flexibility index (Phi) is 6.00. The highest BCUT2D eigenvalue weighted by molar-refractivity contribution is 5.81. The minimum Gasteiger partial charge on any atom is -0.392 e. The van der Waals surface area contributed by atoms with E-state index in [0.717, 1.165) is 19.4 Å². The van der Waals surface area contributed by atoms with Gasteiger partial charge in [0.15, 0.2) is 0 Å². The van der Waals surface area contributed by atoms with Crippen molar-refractivity contribution in [3.8, 4) is 0 Å². The molecule has 7 nitrogen and oxygen atoms in total. The molecule has 2 rings (SSSR count). The molecule has 138 valence electrons. The Labute approximate surface area is 148 Å². The van der Waals surface area contributed by atoms with Gasteiger partial charge in [-0.1, -0.05) is 20.8 Å². The summed E-state index contributed by atoms with van der Waals surface area (Å²) in [5.41, 5.74) is 0.825. The summed E-state index contributed by atoms with van der Waals surface area (Å²) in [6, 6.07) is 4.72. The second kappa shape index (κ2) is 7.82. The van der Waals surface area contributed by atoms with Crippen molar-refractivity contribution in [3.63, 3.8) is 0 Å². The molecule has 25 heavy (non-hydrogen) atoms. The van der Waals surface area contributed by atoms with Crippen molar-refractivity contribution in [3.05, 3.63) is 33.9 Å². The number of hydrogen-bond acceptors (Lipinski definition) is 5. The molecule has 1 aliphatic rings. The van der Waals surface area contributed by atoms with Gasteiger partial charge in [-0.05, 0) is 36.5 Å². The third-order valence-corrected chi connectivity index (χ3v) is 4.51. The zero-order valence-corrected chi connectivity index (χ0v) is 15.1. The van der Waals surface area contributed by atoms with E-state index < -0.39 is 5.41 Å². The molecule has 1 aromatic rings. The van der Waals surface area contributed by atoms with E-state index in [9.17, 15) is 20.0 Å². The maximum Gasteiger partial charge on any atom is 0.292 e. The van der Waals surface area contributed by atoms with E-state index in [1.54, 1.807) is 12.1 Å². The predicted octanol–water partition coefficient (Wildman–Crippen LogP) is 2.47. The molecule has 0 radical (unpaired) electrons. The van der Waals surface area contributed by atoms with Crippen LogP contribution in [0.1, 0.15) is 39.2 Å². The number of nitro benzene ring substituents is 1. The van der Waals surface area contributed by atoms with Gasteiger partial charge in [-0.3, -0.25) is 14.9 Å². The quantitative estimate of drug-likeness (QED) is 0.629. The Morgan fingerprint density at radius 1 is 1.44 bits per heavy atom. The maximum absolute atomic E-state index is 12.0. The molecule has 1 saturated heterocycles. The first-order chi connectivity index (χ1) is 11.7. The zero-order valence-electron chi connectivity index (χ0n) is 15.1. The van der Waals surface area contributed by atoms with Crippen LogP contribution >= 0.6 is 0 Å². The van der Waals surface area contributed by atoms with Crippen LogP contribution in [0.15, 0.2) is 18.2 Å². The first-order valence-corrected chi connectivity index (χ1v) is 8.64. The Morgan fingerprint density at radius 3 is 2.76 bits per heavy atom. The number of benzene rings is 1. The van der Waals surface area contributed by atoms with Crippen LogP contribution in [0.25, 0.3) is 0 Å². The van der Waals surface area contributed by atoms with Gasteiger partial charge in [-0.2, -0.15) is 0 Å². The van der Waals surface area contributed by atoms with Crippen LogP contribution in [0, 0.1) is 21.4 Å². The molecule has 0 unspecified atom stereocenters. The molecule has 0 saturated carbocycles. The lowest BCUT2D eigenvalue weighted by Crippen LogP contribution is -2.43. The predicted molar refractivity (Wildman–Crippen MR) is 96.4 cm³/mol. The van der Waals surface area contributed by atoms with E-state index in [1.165, 1.54) is 6.07 Å². The minimum absolute atomic E-state index is 0.0119. The van der Waals surface area contributed by atoms with E-state index in [4.69, 9.17) is 0 Å². The third kappa shape index (κ3) is 4.92. The number of nitrogens with one attached hydrogen (secondary N) is 1. The average molecular weight is 349 g/mol. The molecule has 7 heteroatoms. The van der Waals surface area contributed by atoms with E-state index in [2.05, 4.69) is 5.32 Å². The first-order valence-electron chi connectivity index (χ1n) is 8.64. The zero-order chi connectivity index (χ0) is 18.6. The van der Waals surface area contributed by atoms with Gasteiger partial charge in [0.05, 0.1) is 11.5 Å². The molecule has 2 N–H and O–H groups in total. The van der Waals surface area contributed by atoms with Gasteiger partial charge in [-0.15, -0.1) is 0 Å². The van der Waals surface area contributed by atoms with Gasteiger partial charge in [0.25, 0.3) is 5.69 Å². The van der Waals surface area contributed by atoms with Crippen LogP contribution < -0.4 is 10.2 Å². The molecular weight excluding hydrogens is 322 g/mol. The lowest BCUT2D eigenvalue weighted by molar-refractivity contribution is -0.384. The molecule has 1 fully saturated rings. The molecule has 1 heterocycles. The summed E-state index contributed by atoms with van der Waals surface area (Å²) in [6.45, 7) is 7.43. The van der Waals surface area contributed by atoms with Crippen molar-refractivity contribution >= 4 is 17.3 Å². The number of piperidine rings is 1. The summed E-state index contributed by atoms with van der Waals surface area (Å²) in [6.07, 6.45) is 1.89. The van der Waals surface area contributed by atoms with Gasteiger partial charge < -0.3 is 15.3 Å². The van der Waals surface area contributed by atoms with Crippen molar-refractivity contribution in [2.75, 3.05) is 24.5 Å². The number of carbonyl (C=O) groups excluding carboxylic acids is 1. The second-order valence-corrected chi connectivity index (χ2v) is 7.65. The molecular formula is C18H27N3O4. The van der Waals surface area contributed by atoms with E-state index in [1.807, 2.05) is 25.7 Å². The number of nitrogens with zero attached hydrogens (tertiary/aromatic N) is 2. The summed E-state index contributed by atoms with van der Waals surface area (Å²) in [4.78, 5) is 25.0. The fraction of sp³-hybridized carbons (Fsp3) is 0.611. The SMILES string of the molecule is CC(C)(C)C(=O)NC[C@@H]1CCCN(c2cc(CO)ccc2[N+](=O)[O-])C1. The van der Waals surface area contributed by atoms with Crippen molar-refractivity contribution in [1.82, 2.24) is 5.32 Å². The van der Waals surface area contributed by atoms with E-state index in [-0.39, 0.29) is 29.0 Å². The van der Waals surface area contributed by atoms with Crippen LogP contribution in [-0.4, -0.2) is 35.6 Å². The van der Waals surface area contributed by atoms with Gasteiger partial charge in [0.2, 0.25) is 5.91 Å². The number of rotatable bonds is 5. The van der Waals surface area contributed by atoms with Crippen LogP contribution in [0.3, 0.4) is 0 Å². The number of aliphatic hydroxyl groups is 1. The topological polar surface area (TPSA) is 95.7 Å². The standard InChI is InChI=1S/C18H27N3O4/c1-18(2,3)17(23)19-10-14-5-4-8-20(11-14)16-9-13(12-22)6-7-15(16)21(24)25/h6-7,9,14,22H,4-5,8,10-12H2,1-3H3,(H,19,23)/t14-/m0/s1. The van der Waals surface area contributed by atoms with Crippen LogP contribution in [0.2, 0.25) is 0 Å². The molecule has 1 atom stereocenters. The molecule has 1 aromatic carbocycles. The fourth-order valence-corrected chi connectivity index (χ4v) is 3.03. The van der Waals surface area contributed by atoms with Crippen LogP contribution in [0.4, 0.5) is 11.4 Å². The van der Waals surface area contributed by atoms with Crippen molar-refractivity contribution in [2.24, 2.45) is 11.3 Å². The average Bonchev–Trinajstić information content (AvgIpc) is 2.58. The van der Waals surface area contributed by atoms with Crippen LogP contribution in [-0.2, 0) is 11.4 Å². The number of anilines is 1. The molecule has 0 aliphatic carbocycles. The van der Waals surface area contributed by atoms with Crippen molar-refractivity contribution < 1.29 is 14.8 Å². The van der Waals surface area contributed by atoms with E-state index in [0.29, 0.717) is 24.3 Å². The van der Waals surface area contributed by atoms with Gasteiger partial charge in [0.1, 0.15) is 5.69 Å². The first kappa shape index (κ1) is 19.2. The summed E-state index contributed by atoms with van der Waals surface area (Å²) in [7, 11) is 0. The van der Waals surface area contributed by atoms with Gasteiger partial charge in [-0.25, -0.2) is 0 Å². The summed E-state index contributed by atoms with van der Waals surface area (Å²) in [5.74, 6) is 0.260. The van der Waals surface area contributed by atoms with Crippen molar-refractivity contribution in [1.29, 1.82) is 0 Å². The normalized spacial score (nSPS) is 18.1. The molecule has 1 aliphatic heterocycles. The lowest BCUT2D eigenvalue weighted by atomic mass is 9.93. The molecule has 1 amide bonds. The Hall–Kier alpha value is -2.15. The Balaban J connectivity index is 2.10. The van der Waals surface area contributed by atoms with Gasteiger partial charge >= 0.3 is 0 Å². The minimum atomic E-state index is -0.428. The summed E-state index contributed by atoms with van der Waals surface area (Å²) >= 11 is 0. The number of hydrogen-bond donors (Lipinski definition) is 2. The Morgan fingerprint density at radius 2 is 2.16 bits per heavy atom. The summed E-state index contributed by atoms with van der Waals surface area (Å²) in [5, 5.41) is 23.6. The van der Waals surface area contributed by atoms with Gasteiger partial charge in [0, 0.05) is 31.1 Å². The second-order valence-electron chi connectivity index (χ2n) is 7.65. The molecule has 0 spiro atoms. The van der Waals surface area contributed by atoms with E-state index >= 15 is 0 Å².